The van der Waals surface area contributed by atoms with Gasteiger partial charge in [-0.05, 0) is 25.0 Å². The molecule has 1 aromatic carbocycles. The lowest BCUT2D eigenvalue weighted by Crippen LogP contribution is -2.56. The van der Waals surface area contributed by atoms with Crippen molar-refractivity contribution in [3.8, 4) is 5.75 Å². The maximum absolute atomic E-state index is 13.2. The number of carbonyl (C=O) groups excluding carboxylic acids is 1. The monoisotopic (exact) mass is 289 g/mol. The molecule has 21 heavy (non-hydrogen) atoms. The third-order valence-electron chi connectivity index (χ3n) is 4.80. The number of rotatable bonds is 4. The van der Waals surface area contributed by atoms with Crippen molar-refractivity contribution in [1.29, 1.82) is 0 Å². The van der Waals surface area contributed by atoms with Crippen LogP contribution in [0.1, 0.15) is 36.0 Å². The molecular weight excluding hydrogens is 266 g/mol. The molecule has 1 saturated carbocycles. The summed E-state index contributed by atoms with van der Waals surface area (Å²) in [4.78, 5) is 15.6. The fourth-order valence-corrected chi connectivity index (χ4v) is 3.67. The summed E-state index contributed by atoms with van der Waals surface area (Å²) in [5.41, 5.74) is 0.443. The lowest BCUT2D eigenvalue weighted by Gasteiger charge is -2.42. The Bertz CT molecular complexity index is 503. The largest absolute Gasteiger partial charge is 0.497 e. The summed E-state index contributed by atoms with van der Waals surface area (Å²) in [6.45, 7) is 3.17. The zero-order valence-electron chi connectivity index (χ0n) is 12.6. The van der Waals surface area contributed by atoms with Crippen molar-refractivity contribution >= 4 is 5.78 Å². The van der Waals surface area contributed by atoms with Crippen molar-refractivity contribution in [2.75, 3.05) is 33.4 Å². The van der Waals surface area contributed by atoms with Gasteiger partial charge in [0.1, 0.15) is 5.75 Å². The summed E-state index contributed by atoms with van der Waals surface area (Å²) in [6, 6.07) is 7.55. The Kier molecular flexibility index (Phi) is 4.27. The molecule has 4 nitrogen and oxygen atoms in total. The van der Waals surface area contributed by atoms with Crippen LogP contribution in [0.25, 0.3) is 0 Å². The van der Waals surface area contributed by atoms with Crippen LogP contribution >= 0.6 is 0 Å². The first-order valence-corrected chi connectivity index (χ1v) is 7.78. The van der Waals surface area contributed by atoms with E-state index in [9.17, 15) is 4.79 Å². The zero-order valence-corrected chi connectivity index (χ0v) is 12.6. The number of methoxy groups -OCH3 is 1. The van der Waals surface area contributed by atoms with Crippen LogP contribution in [-0.2, 0) is 4.74 Å². The fraction of sp³-hybridized carbons (Fsp3) is 0.588. The van der Waals surface area contributed by atoms with E-state index in [2.05, 4.69) is 4.90 Å². The molecule has 0 atom stereocenters. The molecule has 0 unspecified atom stereocenters. The van der Waals surface area contributed by atoms with E-state index in [0.717, 1.165) is 63.3 Å². The molecule has 1 aliphatic carbocycles. The summed E-state index contributed by atoms with van der Waals surface area (Å²) in [7, 11) is 1.64. The van der Waals surface area contributed by atoms with Gasteiger partial charge in [-0.1, -0.05) is 25.0 Å². The quantitative estimate of drug-likeness (QED) is 0.798. The van der Waals surface area contributed by atoms with Crippen molar-refractivity contribution in [2.45, 2.75) is 31.2 Å². The fourth-order valence-electron chi connectivity index (χ4n) is 3.67. The number of ether oxygens (including phenoxy) is 2. The van der Waals surface area contributed by atoms with Crippen LogP contribution in [0.4, 0.5) is 0 Å². The average Bonchev–Trinajstić information content (AvgIpc) is 3.06. The summed E-state index contributed by atoms with van der Waals surface area (Å²) < 4.78 is 10.7. The normalized spacial score (nSPS) is 22.1. The van der Waals surface area contributed by atoms with Crippen LogP contribution < -0.4 is 4.74 Å². The Labute approximate surface area is 126 Å². The molecule has 1 saturated heterocycles. The number of benzene rings is 1. The second kappa shape index (κ2) is 6.16. The topological polar surface area (TPSA) is 38.8 Å². The highest BCUT2D eigenvalue weighted by atomic mass is 16.5. The smallest absolute Gasteiger partial charge is 0.183 e. The number of ketones is 1. The number of Topliss-reactive ketones (excluding diaryl/α,β-unsaturated/α-hetero) is 1. The predicted octanol–water partition coefficient (Wildman–Crippen LogP) is 2.52. The second-order valence-corrected chi connectivity index (χ2v) is 5.90. The number of carbonyl (C=O) groups is 1. The van der Waals surface area contributed by atoms with E-state index in [1.54, 1.807) is 7.11 Å². The molecule has 0 spiro atoms. The Balaban J connectivity index is 1.90. The molecule has 1 aromatic rings. The van der Waals surface area contributed by atoms with E-state index >= 15 is 0 Å². The standard InChI is InChI=1S/C17H23NO3/c1-20-15-6-4-5-14(13-15)16(19)17(7-2-3-8-17)18-9-11-21-12-10-18/h4-6,13H,2-3,7-12H2,1H3. The summed E-state index contributed by atoms with van der Waals surface area (Å²) in [6.07, 6.45) is 4.19. The van der Waals surface area contributed by atoms with Gasteiger partial charge < -0.3 is 9.47 Å². The van der Waals surface area contributed by atoms with E-state index in [4.69, 9.17) is 9.47 Å². The summed E-state index contributed by atoms with van der Waals surface area (Å²) >= 11 is 0. The number of nitrogens with zero attached hydrogens (tertiary/aromatic N) is 1. The molecule has 114 valence electrons. The van der Waals surface area contributed by atoms with Crippen molar-refractivity contribution in [3.05, 3.63) is 29.8 Å². The minimum Gasteiger partial charge on any atom is -0.497 e. The number of morpholine rings is 1. The Morgan fingerprint density at radius 3 is 2.62 bits per heavy atom. The molecule has 0 radical (unpaired) electrons. The maximum Gasteiger partial charge on any atom is 0.183 e. The molecule has 2 fully saturated rings. The van der Waals surface area contributed by atoms with E-state index in [1.807, 2.05) is 24.3 Å². The molecule has 2 aliphatic rings. The predicted molar refractivity (Wildman–Crippen MR) is 80.9 cm³/mol. The lowest BCUT2D eigenvalue weighted by atomic mass is 9.85. The van der Waals surface area contributed by atoms with Gasteiger partial charge in [-0.25, -0.2) is 0 Å². The Hall–Kier alpha value is -1.39. The van der Waals surface area contributed by atoms with Crippen LogP contribution in [0.3, 0.4) is 0 Å². The van der Waals surface area contributed by atoms with E-state index < -0.39 is 0 Å². The van der Waals surface area contributed by atoms with Crippen molar-refractivity contribution in [1.82, 2.24) is 4.90 Å². The van der Waals surface area contributed by atoms with Gasteiger partial charge in [0.2, 0.25) is 0 Å². The Morgan fingerprint density at radius 1 is 1.24 bits per heavy atom. The van der Waals surface area contributed by atoms with Crippen LogP contribution in [0.2, 0.25) is 0 Å². The first-order chi connectivity index (χ1) is 10.3. The third-order valence-corrected chi connectivity index (χ3v) is 4.80. The summed E-state index contributed by atoms with van der Waals surface area (Å²) in [5.74, 6) is 0.997. The molecule has 1 heterocycles. The minimum absolute atomic E-state index is 0.251. The van der Waals surface area contributed by atoms with Crippen molar-refractivity contribution < 1.29 is 14.3 Å². The molecule has 0 N–H and O–H groups in total. The van der Waals surface area contributed by atoms with Crippen LogP contribution in [0.15, 0.2) is 24.3 Å². The van der Waals surface area contributed by atoms with Gasteiger partial charge in [0.05, 0.1) is 25.9 Å². The maximum atomic E-state index is 13.2. The van der Waals surface area contributed by atoms with Gasteiger partial charge in [-0.2, -0.15) is 0 Å². The van der Waals surface area contributed by atoms with E-state index in [1.165, 1.54) is 0 Å². The minimum atomic E-state index is -0.323. The van der Waals surface area contributed by atoms with Crippen molar-refractivity contribution in [3.63, 3.8) is 0 Å². The van der Waals surface area contributed by atoms with Gasteiger partial charge in [0, 0.05) is 18.7 Å². The zero-order chi connectivity index (χ0) is 14.7. The van der Waals surface area contributed by atoms with Crippen LogP contribution in [0, 0.1) is 0 Å². The van der Waals surface area contributed by atoms with Crippen LogP contribution in [-0.4, -0.2) is 49.6 Å². The third kappa shape index (κ3) is 2.70. The SMILES string of the molecule is COc1cccc(C(=O)C2(N3CCOCC3)CCCC2)c1. The highest BCUT2D eigenvalue weighted by Crippen LogP contribution is 2.38. The number of hydrogen-bond acceptors (Lipinski definition) is 4. The van der Waals surface area contributed by atoms with Gasteiger partial charge in [0.15, 0.2) is 5.78 Å². The Morgan fingerprint density at radius 2 is 1.95 bits per heavy atom. The summed E-state index contributed by atoms with van der Waals surface area (Å²) in [5, 5.41) is 0. The first-order valence-electron chi connectivity index (χ1n) is 7.78. The first kappa shape index (κ1) is 14.5. The van der Waals surface area contributed by atoms with Gasteiger partial charge in [-0.15, -0.1) is 0 Å². The van der Waals surface area contributed by atoms with Crippen LogP contribution in [0.5, 0.6) is 5.75 Å². The number of hydrogen-bond donors (Lipinski definition) is 0. The molecule has 0 bridgehead atoms. The average molecular weight is 289 g/mol. The highest BCUT2D eigenvalue weighted by molar-refractivity contribution is 6.03. The van der Waals surface area contributed by atoms with Gasteiger partial charge in [0.25, 0.3) is 0 Å². The van der Waals surface area contributed by atoms with Gasteiger partial charge in [-0.3, -0.25) is 9.69 Å². The van der Waals surface area contributed by atoms with Crippen molar-refractivity contribution in [2.24, 2.45) is 0 Å². The molecule has 3 rings (SSSR count). The molecule has 0 aromatic heterocycles. The molecule has 1 aliphatic heterocycles. The molecule has 4 heteroatoms. The lowest BCUT2D eigenvalue weighted by molar-refractivity contribution is -0.0130. The van der Waals surface area contributed by atoms with Gasteiger partial charge >= 0.3 is 0 Å². The van der Waals surface area contributed by atoms with E-state index in [-0.39, 0.29) is 11.3 Å². The van der Waals surface area contributed by atoms with E-state index in [0.29, 0.717) is 0 Å². The highest BCUT2D eigenvalue weighted by Gasteiger charge is 2.46. The second-order valence-electron chi connectivity index (χ2n) is 5.90. The molecule has 0 amide bonds. The molecular formula is C17H23NO3.